The van der Waals surface area contributed by atoms with Crippen LogP contribution in [0.5, 0.6) is 0 Å². The third-order valence-electron chi connectivity index (χ3n) is 3.14. The van der Waals surface area contributed by atoms with Crippen molar-refractivity contribution in [3.63, 3.8) is 0 Å². The first-order valence-corrected chi connectivity index (χ1v) is 6.55. The van der Waals surface area contributed by atoms with Crippen LogP contribution in [0.4, 0.5) is 0 Å². The van der Waals surface area contributed by atoms with Gasteiger partial charge in [-0.1, -0.05) is 26.0 Å². The molecule has 0 saturated heterocycles. The maximum absolute atomic E-state index is 11.8. The zero-order chi connectivity index (χ0) is 12.3. The van der Waals surface area contributed by atoms with Crippen LogP contribution in [0, 0.1) is 5.92 Å². The van der Waals surface area contributed by atoms with Crippen molar-refractivity contribution in [2.45, 2.75) is 45.6 Å². The van der Waals surface area contributed by atoms with Crippen LogP contribution in [0.2, 0.25) is 0 Å². The molecule has 1 fully saturated rings. The van der Waals surface area contributed by atoms with E-state index in [1.165, 1.54) is 12.0 Å². The zero-order valence-corrected chi connectivity index (χ0v) is 10.7. The van der Waals surface area contributed by atoms with Crippen LogP contribution in [0.15, 0.2) is 24.3 Å². The minimum Gasteiger partial charge on any atom is -0.349 e. The van der Waals surface area contributed by atoms with E-state index in [0.717, 1.165) is 30.7 Å². The van der Waals surface area contributed by atoms with Crippen LogP contribution < -0.4 is 5.32 Å². The summed E-state index contributed by atoms with van der Waals surface area (Å²) in [6, 6.07) is 8.46. The van der Waals surface area contributed by atoms with Crippen molar-refractivity contribution < 1.29 is 4.79 Å². The van der Waals surface area contributed by atoms with Crippen LogP contribution in [0.1, 0.15) is 49.0 Å². The molecule has 0 heterocycles. The van der Waals surface area contributed by atoms with Gasteiger partial charge in [0.05, 0.1) is 0 Å². The van der Waals surface area contributed by atoms with Gasteiger partial charge in [-0.3, -0.25) is 4.79 Å². The Morgan fingerprint density at radius 2 is 1.94 bits per heavy atom. The molecule has 2 heteroatoms. The van der Waals surface area contributed by atoms with Gasteiger partial charge in [0, 0.05) is 11.6 Å². The van der Waals surface area contributed by atoms with Gasteiger partial charge in [0.1, 0.15) is 0 Å². The van der Waals surface area contributed by atoms with E-state index in [1.807, 2.05) is 12.1 Å². The average molecular weight is 231 g/mol. The molecule has 92 valence electrons. The Morgan fingerprint density at radius 1 is 1.29 bits per heavy atom. The summed E-state index contributed by atoms with van der Waals surface area (Å²) in [6.07, 6.45) is 4.58. The molecular formula is C15H21NO. The number of aryl methyl sites for hydroxylation is 1. The first-order chi connectivity index (χ1) is 8.15. The first-order valence-electron chi connectivity index (χ1n) is 6.55. The summed E-state index contributed by atoms with van der Waals surface area (Å²) in [6.45, 7) is 4.47. The summed E-state index contributed by atoms with van der Waals surface area (Å²) in [4.78, 5) is 11.8. The summed E-state index contributed by atoms with van der Waals surface area (Å²) in [5, 5.41) is 3.00. The van der Waals surface area contributed by atoms with E-state index < -0.39 is 0 Å². The van der Waals surface area contributed by atoms with Crippen LogP contribution in [0.3, 0.4) is 0 Å². The first kappa shape index (κ1) is 12.2. The van der Waals surface area contributed by atoms with E-state index in [1.54, 1.807) is 0 Å². The fraction of sp³-hybridized carbons (Fsp3) is 0.533. The van der Waals surface area contributed by atoms with Crippen molar-refractivity contribution >= 4 is 5.91 Å². The monoisotopic (exact) mass is 231 g/mol. The van der Waals surface area contributed by atoms with Gasteiger partial charge in [-0.25, -0.2) is 0 Å². The molecule has 0 aliphatic heterocycles. The number of amides is 1. The van der Waals surface area contributed by atoms with Crippen molar-refractivity contribution in [1.29, 1.82) is 0 Å². The molecule has 0 unspecified atom stereocenters. The molecule has 1 saturated carbocycles. The number of hydrogen-bond donors (Lipinski definition) is 1. The standard InChI is InChI=1S/C15H21NO/c1-11(2)3-4-12-5-7-13(8-6-12)15(17)16-14-9-10-14/h5-8,11,14H,3-4,9-10H2,1-2H3,(H,16,17). The molecule has 1 aromatic carbocycles. The Bertz CT molecular complexity index is 376. The van der Waals surface area contributed by atoms with Gasteiger partial charge in [-0.05, 0) is 49.3 Å². The second-order valence-electron chi connectivity index (χ2n) is 5.38. The predicted molar refractivity (Wildman–Crippen MR) is 70.1 cm³/mol. The fourth-order valence-corrected chi connectivity index (χ4v) is 1.77. The highest BCUT2D eigenvalue weighted by Gasteiger charge is 2.23. The Balaban J connectivity index is 1.89. The molecule has 1 aliphatic rings. The van der Waals surface area contributed by atoms with Gasteiger partial charge in [0.15, 0.2) is 0 Å². The molecule has 0 radical (unpaired) electrons. The number of carbonyl (C=O) groups is 1. The van der Waals surface area contributed by atoms with E-state index in [-0.39, 0.29) is 5.91 Å². The largest absolute Gasteiger partial charge is 0.349 e. The van der Waals surface area contributed by atoms with Gasteiger partial charge in [-0.15, -0.1) is 0 Å². The molecule has 1 aromatic rings. The summed E-state index contributed by atoms with van der Waals surface area (Å²) >= 11 is 0. The minimum atomic E-state index is 0.0721. The lowest BCUT2D eigenvalue weighted by Gasteiger charge is -2.06. The van der Waals surface area contributed by atoms with Crippen molar-refractivity contribution in [1.82, 2.24) is 5.32 Å². The number of nitrogens with one attached hydrogen (secondary N) is 1. The maximum atomic E-state index is 11.8. The van der Waals surface area contributed by atoms with Gasteiger partial charge in [0.2, 0.25) is 0 Å². The second-order valence-corrected chi connectivity index (χ2v) is 5.38. The van der Waals surface area contributed by atoms with E-state index in [4.69, 9.17) is 0 Å². The van der Waals surface area contributed by atoms with Crippen LogP contribution in [0.25, 0.3) is 0 Å². The van der Waals surface area contributed by atoms with E-state index in [0.29, 0.717) is 6.04 Å². The quantitative estimate of drug-likeness (QED) is 0.828. The number of benzene rings is 1. The Hall–Kier alpha value is -1.31. The third-order valence-corrected chi connectivity index (χ3v) is 3.14. The van der Waals surface area contributed by atoms with Gasteiger partial charge in [-0.2, -0.15) is 0 Å². The predicted octanol–water partition coefficient (Wildman–Crippen LogP) is 3.17. The molecule has 0 spiro atoms. The third kappa shape index (κ3) is 3.88. The number of rotatable bonds is 5. The maximum Gasteiger partial charge on any atom is 0.251 e. The molecule has 2 rings (SSSR count). The molecule has 1 aliphatic carbocycles. The molecule has 2 nitrogen and oxygen atoms in total. The van der Waals surface area contributed by atoms with Crippen molar-refractivity contribution in [2.75, 3.05) is 0 Å². The van der Waals surface area contributed by atoms with Gasteiger partial charge in [0.25, 0.3) is 5.91 Å². The number of hydrogen-bond acceptors (Lipinski definition) is 1. The van der Waals surface area contributed by atoms with Crippen molar-refractivity contribution in [2.24, 2.45) is 5.92 Å². The van der Waals surface area contributed by atoms with E-state index in [9.17, 15) is 4.79 Å². The Kier molecular flexibility index (Phi) is 3.82. The lowest BCUT2D eigenvalue weighted by atomic mass is 10.0. The van der Waals surface area contributed by atoms with Crippen LogP contribution >= 0.6 is 0 Å². The summed E-state index contributed by atoms with van der Waals surface area (Å²) < 4.78 is 0. The molecule has 1 amide bonds. The van der Waals surface area contributed by atoms with Gasteiger partial charge < -0.3 is 5.32 Å². The molecule has 17 heavy (non-hydrogen) atoms. The lowest BCUT2D eigenvalue weighted by molar-refractivity contribution is 0.0951. The van der Waals surface area contributed by atoms with Crippen LogP contribution in [-0.4, -0.2) is 11.9 Å². The smallest absolute Gasteiger partial charge is 0.251 e. The molecule has 1 N–H and O–H groups in total. The number of carbonyl (C=O) groups excluding carboxylic acids is 1. The highest BCUT2D eigenvalue weighted by molar-refractivity contribution is 5.94. The summed E-state index contributed by atoms with van der Waals surface area (Å²) in [7, 11) is 0. The van der Waals surface area contributed by atoms with E-state index >= 15 is 0 Å². The fourth-order valence-electron chi connectivity index (χ4n) is 1.77. The van der Waals surface area contributed by atoms with Crippen molar-refractivity contribution in [3.05, 3.63) is 35.4 Å². The van der Waals surface area contributed by atoms with Crippen LogP contribution in [-0.2, 0) is 6.42 Å². The van der Waals surface area contributed by atoms with E-state index in [2.05, 4.69) is 31.3 Å². The zero-order valence-electron chi connectivity index (χ0n) is 10.7. The highest BCUT2D eigenvalue weighted by atomic mass is 16.1. The molecular weight excluding hydrogens is 210 g/mol. The lowest BCUT2D eigenvalue weighted by Crippen LogP contribution is -2.25. The minimum absolute atomic E-state index is 0.0721. The van der Waals surface area contributed by atoms with Gasteiger partial charge >= 0.3 is 0 Å². The second kappa shape index (κ2) is 5.35. The molecule has 0 bridgehead atoms. The SMILES string of the molecule is CC(C)CCc1ccc(C(=O)NC2CC2)cc1. The summed E-state index contributed by atoms with van der Waals surface area (Å²) in [5.41, 5.74) is 2.10. The topological polar surface area (TPSA) is 29.1 Å². The normalized spacial score (nSPS) is 15.0. The Labute approximate surface area is 103 Å². The Morgan fingerprint density at radius 3 is 2.47 bits per heavy atom. The molecule has 0 atom stereocenters. The highest BCUT2D eigenvalue weighted by Crippen LogP contribution is 2.19. The van der Waals surface area contributed by atoms with Crippen molar-refractivity contribution in [3.8, 4) is 0 Å². The average Bonchev–Trinajstić information content (AvgIpc) is 3.11. The molecule has 0 aromatic heterocycles. The summed E-state index contributed by atoms with van der Waals surface area (Å²) in [5.74, 6) is 0.802.